The molecule has 9 heteroatoms. The van der Waals surface area contributed by atoms with Crippen LogP contribution in [0.1, 0.15) is 72.6 Å². The van der Waals surface area contributed by atoms with E-state index in [9.17, 15) is 19.8 Å². The average molecular weight is 595 g/mol. The first kappa shape index (κ1) is 27.1. The van der Waals surface area contributed by atoms with E-state index in [-0.39, 0.29) is 46.7 Å². The molecule has 3 aromatic carbocycles. The van der Waals surface area contributed by atoms with Gasteiger partial charge in [0.25, 0.3) is 0 Å². The topological polar surface area (TPSA) is 126 Å². The number of ketones is 2. The van der Waals surface area contributed by atoms with Gasteiger partial charge in [-0.15, -0.1) is 0 Å². The van der Waals surface area contributed by atoms with Gasteiger partial charge in [-0.2, -0.15) is 0 Å². The Kier molecular flexibility index (Phi) is 5.69. The van der Waals surface area contributed by atoms with E-state index in [0.29, 0.717) is 44.4 Å². The minimum atomic E-state index is -0.772. The van der Waals surface area contributed by atoms with Gasteiger partial charge in [0.15, 0.2) is 5.76 Å². The van der Waals surface area contributed by atoms with Crippen molar-refractivity contribution in [2.45, 2.75) is 57.7 Å². The van der Waals surface area contributed by atoms with E-state index in [0.717, 1.165) is 53.5 Å². The molecule has 226 valence electrons. The molecule has 1 saturated heterocycles. The summed E-state index contributed by atoms with van der Waals surface area (Å²) in [7, 11) is 4.48. The van der Waals surface area contributed by atoms with Crippen molar-refractivity contribution >= 4 is 44.3 Å². The van der Waals surface area contributed by atoms with Crippen molar-refractivity contribution in [1.29, 1.82) is 0 Å². The first-order chi connectivity index (χ1) is 21.2. The van der Waals surface area contributed by atoms with Crippen molar-refractivity contribution in [3.05, 3.63) is 57.5 Å². The highest BCUT2D eigenvalue weighted by Crippen LogP contribution is 2.60. The molecule has 4 N–H and O–H groups in total. The number of benzene rings is 3. The maximum Gasteiger partial charge on any atom is 0.232 e. The maximum absolute atomic E-state index is 14.2. The molecule has 1 aliphatic heterocycles. The van der Waals surface area contributed by atoms with Gasteiger partial charge in [-0.25, -0.2) is 0 Å². The number of phenols is 2. The number of allylic oxidation sites excluding steroid dienone is 5. The van der Waals surface area contributed by atoms with Gasteiger partial charge in [0.1, 0.15) is 28.8 Å². The van der Waals surface area contributed by atoms with Crippen LogP contribution >= 0.6 is 0 Å². The fourth-order valence-electron chi connectivity index (χ4n) is 8.66. The maximum atomic E-state index is 14.2. The summed E-state index contributed by atoms with van der Waals surface area (Å²) in [4.78, 5) is 27.8. The zero-order valence-corrected chi connectivity index (χ0v) is 25.3. The molecule has 0 radical (unpaired) electrons. The molecule has 5 aliphatic rings. The number of fused-ring (bicyclic) bond motifs is 4. The first-order valence-corrected chi connectivity index (χ1v) is 15.1. The number of phenolic OH excluding ortho intramolecular Hbond substituents is 2. The number of aromatic hydroxyl groups is 2. The molecule has 0 bridgehead atoms. The highest BCUT2D eigenvalue weighted by molar-refractivity contribution is 6.34. The van der Waals surface area contributed by atoms with Crippen molar-refractivity contribution in [2.24, 2.45) is 5.92 Å². The third-order valence-corrected chi connectivity index (χ3v) is 10.3. The molecular weight excluding hydrogens is 560 g/mol. The van der Waals surface area contributed by atoms with Gasteiger partial charge in [0, 0.05) is 73.7 Å². The second kappa shape index (κ2) is 9.25. The second-order valence-electron chi connectivity index (χ2n) is 12.5. The van der Waals surface area contributed by atoms with Crippen LogP contribution in [0.4, 0.5) is 0 Å². The summed E-state index contributed by atoms with van der Waals surface area (Å²) in [5, 5.41) is 33.3. The van der Waals surface area contributed by atoms with Crippen molar-refractivity contribution in [2.75, 3.05) is 21.3 Å². The van der Waals surface area contributed by atoms with E-state index in [4.69, 9.17) is 14.2 Å². The molecule has 8 rings (SSSR count). The molecule has 1 saturated carbocycles. The Morgan fingerprint density at radius 1 is 0.864 bits per heavy atom. The molecule has 0 spiro atoms. The van der Waals surface area contributed by atoms with Crippen LogP contribution in [0.25, 0.3) is 32.7 Å². The van der Waals surface area contributed by atoms with Crippen LogP contribution in [0.15, 0.2) is 35.2 Å². The quantitative estimate of drug-likeness (QED) is 0.293. The molecular formula is C35H34N2O7. The third-order valence-electron chi connectivity index (χ3n) is 10.3. The lowest BCUT2D eigenvalue weighted by atomic mass is 9.71. The predicted molar refractivity (Wildman–Crippen MR) is 166 cm³/mol. The molecule has 0 amide bonds. The Bertz CT molecular complexity index is 1980. The molecule has 2 unspecified atom stereocenters. The molecule has 1 heterocycles. The summed E-state index contributed by atoms with van der Waals surface area (Å²) in [5.74, 6) is -0.800. The zero-order valence-electron chi connectivity index (χ0n) is 25.3. The molecule has 9 nitrogen and oxygen atoms in total. The van der Waals surface area contributed by atoms with Gasteiger partial charge < -0.3 is 35.1 Å². The van der Waals surface area contributed by atoms with Crippen LogP contribution in [0.3, 0.4) is 0 Å². The summed E-state index contributed by atoms with van der Waals surface area (Å²) in [5.41, 5.74) is 5.21. The van der Waals surface area contributed by atoms with E-state index in [1.165, 1.54) is 27.2 Å². The SMILES string of the molecule is COC1=C2c3c4c5c(c(O)cc(OC)c5c5c(OC)cc(O)c(c35)C1=O)C1N[C@H]3CCCC[C@H]3NC1=C4C=C(C)C2C(C)=O. The molecule has 0 aromatic heterocycles. The van der Waals surface area contributed by atoms with Gasteiger partial charge >= 0.3 is 0 Å². The predicted octanol–water partition coefficient (Wildman–Crippen LogP) is 5.41. The summed E-state index contributed by atoms with van der Waals surface area (Å²) >= 11 is 0. The van der Waals surface area contributed by atoms with Crippen LogP contribution in [-0.4, -0.2) is 55.2 Å². The van der Waals surface area contributed by atoms with Crippen LogP contribution in [0, 0.1) is 5.92 Å². The van der Waals surface area contributed by atoms with E-state index >= 15 is 0 Å². The Hall–Kier alpha value is -4.50. The monoisotopic (exact) mass is 594 g/mol. The van der Waals surface area contributed by atoms with Gasteiger partial charge in [0.05, 0.1) is 38.9 Å². The van der Waals surface area contributed by atoms with Gasteiger partial charge in [-0.3, -0.25) is 9.59 Å². The van der Waals surface area contributed by atoms with Crippen LogP contribution < -0.4 is 20.1 Å². The van der Waals surface area contributed by atoms with Gasteiger partial charge in [0.2, 0.25) is 5.78 Å². The summed E-state index contributed by atoms with van der Waals surface area (Å²) < 4.78 is 17.6. The summed E-state index contributed by atoms with van der Waals surface area (Å²) in [6.07, 6.45) is 6.35. The zero-order chi connectivity index (χ0) is 30.8. The third kappa shape index (κ3) is 3.22. The van der Waals surface area contributed by atoms with E-state index in [2.05, 4.69) is 10.6 Å². The Morgan fingerprint density at radius 3 is 2.18 bits per heavy atom. The van der Waals surface area contributed by atoms with Crippen LogP contribution in [0.5, 0.6) is 23.0 Å². The number of piperazine rings is 1. The van der Waals surface area contributed by atoms with E-state index in [1.807, 2.05) is 13.0 Å². The second-order valence-corrected chi connectivity index (χ2v) is 12.5. The van der Waals surface area contributed by atoms with Crippen molar-refractivity contribution in [1.82, 2.24) is 10.6 Å². The first-order valence-electron chi connectivity index (χ1n) is 15.1. The fourth-order valence-corrected chi connectivity index (χ4v) is 8.66. The van der Waals surface area contributed by atoms with E-state index < -0.39 is 11.7 Å². The molecule has 4 aliphatic carbocycles. The van der Waals surface area contributed by atoms with Crippen molar-refractivity contribution in [3.63, 3.8) is 0 Å². The molecule has 4 atom stereocenters. The minimum absolute atomic E-state index is 0.0203. The molecule has 2 fully saturated rings. The number of carbonyl (C=O) groups is 2. The molecule has 3 aromatic rings. The van der Waals surface area contributed by atoms with Gasteiger partial charge in [-0.1, -0.05) is 24.5 Å². The van der Waals surface area contributed by atoms with Gasteiger partial charge in [-0.05, 0) is 32.3 Å². The number of carbonyl (C=O) groups excluding carboxylic acids is 2. The number of ether oxygens (including phenoxy) is 3. The smallest absolute Gasteiger partial charge is 0.232 e. The fraction of sp³-hybridized carbons (Fsp3) is 0.371. The standard InChI is InChI=1S/C35H34N2O7/c1-13-10-15-23-28-24(33-32(15)36-16-8-6-7-9-17(16)37-33)18(39)11-20(42-3)26(28)27-21(43-4)12-19(40)25-30(27)29(23)31(22(13)14(2)38)35(44-5)34(25)41/h10-12,16-17,22,33,36-37,39-40H,6-9H2,1-5H3/t16-,17+,22?,33?/m1/s1. The number of hydrogen-bond acceptors (Lipinski definition) is 9. The van der Waals surface area contributed by atoms with Crippen LogP contribution in [0.2, 0.25) is 0 Å². The highest BCUT2D eigenvalue weighted by atomic mass is 16.5. The number of rotatable bonds is 4. The normalized spacial score (nSPS) is 24.9. The average Bonchev–Trinajstić information content (AvgIpc) is 3.14. The lowest BCUT2D eigenvalue weighted by molar-refractivity contribution is -0.118. The number of hydrogen-bond donors (Lipinski definition) is 4. The number of Topliss-reactive ketones (excluding diaryl/α,β-unsaturated/α-hetero) is 2. The van der Waals surface area contributed by atoms with E-state index in [1.54, 1.807) is 13.2 Å². The Morgan fingerprint density at radius 2 is 1.52 bits per heavy atom. The van der Waals surface area contributed by atoms with Crippen LogP contribution in [-0.2, 0) is 9.53 Å². The number of nitrogens with one attached hydrogen (secondary N) is 2. The summed E-state index contributed by atoms with van der Waals surface area (Å²) in [6, 6.07) is 3.14. The Balaban J connectivity index is 1.68. The number of methoxy groups -OCH3 is 3. The van der Waals surface area contributed by atoms with Crippen molar-refractivity contribution < 1.29 is 34.0 Å². The minimum Gasteiger partial charge on any atom is -0.507 e. The Labute approximate surface area is 254 Å². The molecule has 44 heavy (non-hydrogen) atoms. The largest absolute Gasteiger partial charge is 0.507 e. The lowest BCUT2D eigenvalue weighted by Crippen LogP contribution is -2.57. The van der Waals surface area contributed by atoms with Crippen molar-refractivity contribution in [3.8, 4) is 23.0 Å². The summed E-state index contributed by atoms with van der Waals surface area (Å²) in [6.45, 7) is 3.44. The highest BCUT2D eigenvalue weighted by Gasteiger charge is 2.47. The lowest BCUT2D eigenvalue weighted by Gasteiger charge is -2.46.